The van der Waals surface area contributed by atoms with Gasteiger partial charge in [0.15, 0.2) is 5.96 Å². The number of methoxy groups -OCH3 is 1. The van der Waals surface area contributed by atoms with Crippen molar-refractivity contribution in [2.75, 3.05) is 14.2 Å². The Labute approximate surface area is 157 Å². The molecule has 0 unspecified atom stereocenters. The van der Waals surface area contributed by atoms with Crippen LogP contribution < -0.4 is 15.4 Å². The number of hydrogen-bond acceptors (Lipinski definition) is 4. The van der Waals surface area contributed by atoms with Gasteiger partial charge in [-0.05, 0) is 17.7 Å². The molecule has 0 saturated carbocycles. The van der Waals surface area contributed by atoms with Crippen LogP contribution in [-0.4, -0.2) is 25.1 Å². The highest BCUT2D eigenvalue weighted by Gasteiger charge is 2.05. The number of benzene rings is 2. The number of ether oxygens (including phenoxy) is 1. The highest BCUT2D eigenvalue weighted by molar-refractivity contribution is 7.09. The van der Waals surface area contributed by atoms with E-state index in [2.05, 4.69) is 38.1 Å². The minimum atomic E-state index is 0.639. The molecule has 134 valence electrons. The molecule has 5 nitrogen and oxygen atoms in total. The van der Waals surface area contributed by atoms with Gasteiger partial charge in [0, 0.05) is 24.5 Å². The third-order valence-corrected chi connectivity index (χ3v) is 4.72. The standard InChI is InChI=1S/C20H22N4OS/c1-21-20(22-12-15-8-10-17(25-2)11-9-15)23-13-19-24-18(14-26-19)16-6-4-3-5-7-16/h3-11,14H,12-13H2,1-2H3,(H2,21,22,23). The lowest BCUT2D eigenvalue weighted by molar-refractivity contribution is 0.414. The molecule has 0 bridgehead atoms. The maximum atomic E-state index is 5.18. The minimum absolute atomic E-state index is 0.639. The first-order valence-corrected chi connectivity index (χ1v) is 9.23. The molecule has 26 heavy (non-hydrogen) atoms. The van der Waals surface area contributed by atoms with E-state index in [9.17, 15) is 0 Å². The Hall–Kier alpha value is -2.86. The summed E-state index contributed by atoms with van der Waals surface area (Å²) in [6.45, 7) is 1.33. The molecule has 0 aliphatic rings. The summed E-state index contributed by atoms with van der Waals surface area (Å²) in [5.74, 6) is 1.60. The molecule has 0 saturated heterocycles. The first kappa shape index (κ1) is 17.9. The van der Waals surface area contributed by atoms with Crippen molar-refractivity contribution in [3.63, 3.8) is 0 Å². The smallest absolute Gasteiger partial charge is 0.191 e. The maximum Gasteiger partial charge on any atom is 0.191 e. The lowest BCUT2D eigenvalue weighted by Crippen LogP contribution is -2.36. The Balaban J connectivity index is 1.52. The Morgan fingerprint density at radius 3 is 2.46 bits per heavy atom. The average molecular weight is 366 g/mol. The zero-order chi connectivity index (χ0) is 18.2. The van der Waals surface area contributed by atoms with Crippen LogP contribution in [0.2, 0.25) is 0 Å². The fourth-order valence-electron chi connectivity index (χ4n) is 2.44. The van der Waals surface area contributed by atoms with Crippen LogP contribution in [0.5, 0.6) is 5.75 Å². The van der Waals surface area contributed by atoms with Gasteiger partial charge in [0.05, 0.1) is 19.3 Å². The third-order valence-electron chi connectivity index (χ3n) is 3.87. The van der Waals surface area contributed by atoms with Gasteiger partial charge >= 0.3 is 0 Å². The van der Waals surface area contributed by atoms with Crippen LogP contribution in [0, 0.1) is 0 Å². The molecule has 6 heteroatoms. The number of guanidine groups is 1. The molecule has 2 N–H and O–H groups in total. The number of thiazole rings is 1. The fraction of sp³-hybridized carbons (Fsp3) is 0.200. The van der Waals surface area contributed by atoms with Crippen molar-refractivity contribution in [2.45, 2.75) is 13.1 Å². The van der Waals surface area contributed by atoms with Crippen molar-refractivity contribution in [2.24, 2.45) is 4.99 Å². The van der Waals surface area contributed by atoms with Crippen LogP contribution in [0.25, 0.3) is 11.3 Å². The lowest BCUT2D eigenvalue weighted by atomic mass is 10.2. The number of aliphatic imine (C=N–C) groups is 1. The van der Waals surface area contributed by atoms with Gasteiger partial charge in [0.25, 0.3) is 0 Å². The van der Waals surface area contributed by atoms with E-state index in [1.54, 1.807) is 25.5 Å². The summed E-state index contributed by atoms with van der Waals surface area (Å²) in [4.78, 5) is 8.95. The van der Waals surface area contributed by atoms with Crippen LogP contribution in [0.4, 0.5) is 0 Å². The molecule has 0 aliphatic carbocycles. The van der Waals surface area contributed by atoms with E-state index in [0.29, 0.717) is 13.1 Å². The van der Waals surface area contributed by atoms with Crippen LogP contribution in [0.15, 0.2) is 65.0 Å². The van der Waals surface area contributed by atoms with Crippen LogP contribution >= 0.6 is 11.3 Å². The first-order chi connectivity index (χ1) is 12.8. The van der Waals surface area contributed by atoms with E-state index >= 15 is 0 Å². The summed E-state index contributed by atoms with van der Waals surface area (Å²) in [6.07, 6.45) is 0. The van der Waals surface area contributed by atoms with E-state index in [-0.39, 0.29) is 0 Å². The second kappa shape index (κ2) is 9.01. The summed E-state index contributed by atoms with van der Waals surface area (Å²) in [7, 11) is 3.43. The van der Waals surface area contributed by atoms with E-state index in [1.807, 2.05) is 42.5 Å². The number of rotatable bonds is 6. The van der Waals surface area contributed by atoms with Gasteiger partial charge in [-0.15, -0.1) is 11.3 Å². The average Bonchev–Trinajstić information content (AvgIpc) is 3.18. The minimum Gasteiger partial charge on any atom is -0.497 e. The normalized spacial score (nSPS) is 11.2. The van der Waals surface area contributed by atoms with Gasteiger partial charge in [-0.3, -0.25) is 4.99 Å². The van der Waals surface area contributed by atoms with Gasteiger partial charge < -0.3 is 15.4 Å². The van der Waals surface area contributed by atoms with E-state index in [4.69, 9.17) is 4.74 Å². The summed E-state index contributed by atoms with van der Waals surface area (Å²) >= 11 is 1.65. The number of hydrogen-bond donors (Lipinski definition) is 2. The molecule has 0 spiro atoms. The maximum absolute atomic E-state index is 5.18. The van der Waals surface area contributed by atoms with Crippen molar-refractivity contribution >= 4 is 17.3 Å². The summed E-state index contributed by atoms with van der Waals surface area (Å²) in [5, 5.41) is 9.72. The molecule has 0 fully saturated rings. The first-order valence-electron chi connectivity index (χ1n) is 8.36. The highest BCUT2D eigenvalue weighted by Crippen LogP contribution is 2.21. The topological polar surface area (TPSA) is 58.5 Å². The van der Waals surface area contributed by atoms with E-state index in [0.717, 1.165) is 33.5 Å². The lowest BCUT2D eigenvalue weighted by Gasteiger charge is -2.11. The molecule has 0 aliphatic heterocycles. The Morgan fingerprint density at radius 2 is 1.77 bits per heavy atom. The largest absolute Gasteiger partial charge is 0.497 e. The molecule has 2 aromatic carbocycles. The number of nitrogens with one attached hydrogen (secondary N) is 2. The van der Waals surface area contributed by atoms with E-state index < -0.39 is 0 Å². The predicted octanol–water partition coefficient (Wildman–Crippen LogP) is 3.68. The summed E-state index contributed by atoms with van der Waals surface area (Å²) < 4.78 is 5.18. The predicted molar refractivity (Wildman–Crippen MR) is 108 cm³/mol. The zero-order valence-electron chi connectivity index (χ0n) is 14.9. The van der Waals surface area contributed by atoms with Crippen molar-refractivity contribution in [1.82, 2.24) is 15.6 Å². The van der Waals surface area contributed by atoms with Crippen molar-refractivity contribution in [3.05, 3.63) is 70.5 Å². The second-order valence-electron chi connectivity index (χ2n) is 5.62. The molecule has 1 heterocycles. The van der Waals surface area contributed by atoms with Gasteiger partial charge in [-0.1, -0.05) is 42.5 Å². The number of aromatic nitrogens is 1. The molecule has 3 aromatic rings. The fourth-order valence-corrected chi connectivity index (χ4v) is 3.19. The van der Waals surface area contributed by atoms with Crippen LogP contribution in [0.1, 0.15) is 10.6 Å². The molecule has 1 aromatic heterocycles. The zero-order valence-corrected chi connectivity index (χ0v) is 15.7. The molecule has 0 amide bonds. The van der Waals surface area contributed by atoms with Gasteiger partial charge in [0.1, 0.15) is 10.8 Å². The van der Waals surface area contributed by atoms with Crippen LogP contribution in [0.3, 0.4) is 0 Å². The Kier molecular flexibility index (Phi) is 6.22. The summed E-state index contributed by atoms with van der Waals surface area (Å²) in [5.41, 5.74) is 3.31. The molecule has 3 rings (SSSR count). The van der Waals surface area contributed by atoms with Gasteiger partial charge in [0.2, 0.25) is 0 Å². The van der Waals surface area contributed by atoms with Gasteiger partial charge in [-0.2, -0.15) is 0 Å². The quantitative estimate of drug-likeness (QED) is 0.516. The monoisotopic (exact) mass is 366 g/mol. The van der Waals surface area contributed by atoms with Crippen LogP contribution in [-0.2, 0) is 13.1 Å². The molecular weight excluding hydrogens is 344 g/mol. The van der Waals surface area contributed by atoms with E-state index in [1.165, 1.54) is 0 Å². The van der Waals surface area contributed by atoms with Crippen molar-refractivity contribution in [1.29, 1.82) is 0 Å². The molecule has 0 radical (unpaired) electrons. The third kappa shape index (κ3) is 4.83. The van der Waals surface area contributed by atoms with Crippen molar-refractivity contribution < 1.29 is 4.74 Å². The Morgan fingerprint density at radius 1 is 1.04 bits per heavy atom. The van der Waals surface area contributed by atoms with Gasteiger partial charge in [-0.25, -0.2) is 4.98 Å². The molecular formula is C20H22N4OS. The highest BCUT2D eigenvalue weighted by atomic mass is 32.1. The SMILES string of the molecule is CN=C(NCc1ccc(OC)cc1)NCc1nc(-c2ccccc2)cs1. The molecule has 0 atom stereocenters. The summed E-state index contributed by atoms with van der Waals surface area (Å²) in [6, 6.07) is 18.2. The number of nitrogens with zero attached hydrogens (tertiary/aromatic N) is 2. The second-order valence-corrected chi connectivity index (χ2v) is 6.56. The Bertz CT molecular complexity index is 844. The van der Waals surface area contributed by atoms with Crippen molar-refractivity contribution in [3.8, 4) is 17.0 Å².